The number of nitrogens with zero attached hydrogens (tertiary/aromatic N) is 1. The lowest BCUT2D eigenvalue weighted by molar-refractivity contribution is -0.141. The molecule has 2 N–H and O–H groups in total. The fourth-order valence-corrected chi connectivity index (χ4v) is 1.78. The Labute approximate surface area is 142 Å². The van der Waals surface area contributed by atoms with Crippen LogP contribution in [0.5, 0.6) is 0 Å². The fraction of sp³-hybridized carbons (Fsp3) is 0.133. The van der Waals surface area contributed by atoms with Crippen molar-refractivity contribution in [2.24, 2.45) is 0 Å². The van der Waals surface area contributed by atoms with Gasteiger partial charge in [-0.05, 0) is 24.3 Å². The number of rotatable bonds is 4. The summed E-state index contributed by atoms with van der Waals surface area (Å²) in [5.41, 5.74) is -2.08. The molecule has 2 amide bonds. The van der Waals surface area contributed by atoms with E-state index >= 15 is 0 Å². The van der Waals surface area contributed by atoms with Crippen molar-refractivity contribution in [2.45, 2.75) is 6.18 Å². The van der Waals surface area contributed by atoms with Crippen LogP contribution < -0.4 is 10.6 Å². The molecule has 11 heteroatoms. The van der Waals surface area contributed by atoms with Gasteiger partial charge < -0.3 is 10.6 Å². The molecule has 26 heavy (non-hydrogen) atoms. The molecule has 0 bridgehead atoms. The molecule has 0 unspecified atom stereocenters. The summed E-state index contributed by atoms with van der Waals surface area (Å²) in [6.07, 6.45) is -3.99. The van der Waals surface area contributed by atoms with Crippen LogP contribution in [-0.2, 0) is 11.0 Å². The number of hydrogen-bond donors (Lipinski definition) is 2. The second-order valence-electron chi connectivity index (χ2n) is 4.88. The minimum Gasteiger partial charge on any atom is -0.343 e. The van der Waals surface area contributed by atoms with Crippen LogP contribution in [0.3, 0.4) is 0 Å². The molecular weight excluding hydrogens is 368 g/mol. The van der Waals surface area contributed by atoms with Crippen LogP contribution in [-0.4, -0.2) is 23.3 Å². The highest BCUT2D eigenvalue weighted by atomic mass is 19.4. The summed E-state index contributed by atoms with van der Waals surface area (Å²) in [6, 6.07) is 2.83. The van der Waals surface area contributed by atoms with Crippen LogP contribution in [0.25, 0.3) is 0 Å². The smallest absolute Gasteiger partial charge is 0.343 e. The van der Waals surface area contributed by atoms with Crippen molar-refractivity contribution in [3.63, 3.8) is 0 Å². The van der Waals surface area contributed by atoms with Crippen LogP contribution in [0.1, 0.15) is 16.1 Å². The third-order valence-corrected chi connectivity index (χ3v) is 3.03. The summed E-state index contributed by atoms with van der Waals surface area (Å²) >= 11 is 0. The molecule has 2 aromatic rings. The molecule has 0 fully saturated rings. The first kappa shape index (κ1) is 19.2. The first-order valence-electron chi connectivity index (χ1n) is 6.84. The molecule has 0 saturated carbocycles. The van der Waals surface area contributed by atoms with Gasteiger partial charge in [-0.15, -0.1) is 0 Å². The van der Waals surface area contributed by atoms with Gasteiger partial charge in [0.15, 0.2) is 17.5 Å². The number of anilines is 1. The number of carbonyl (C=O) groups is 2. The van der Waals surface area contributed by atoms with E-state index in [0.29, 0.717) is 18.3 Å². The Hall–Kier alpha value is -3.11. The number of halogens is 6. The van der Waals surface area contributed by atoms with Crippen LogP contribution in [0.15, 0.2) is 30.5 Å². The highest BCUT2D eigenvalue weighted by molar-refractivity contribution is 5.99. The Morgan fingerprint density at radius 1 is 1.00 bits per heavy atom. The quantitative estimate of drug-likeness (QED) is 0.636. The number of alkyl halides is 3. The van der Waals surface area contributed by atoms with Crippen molar-refractivity contribution in [2.75, 3.05) is 11.9 Å². The Kier molecular flexibility index (Phi) is 5.48. The highest BCUT2D eigenvalue weighted by Crippen LogP contribution is 2.27. The highest BCUT2D eigenvalue weighted by Gasteiger charge is 2.32. The Bertz CT molecular complexity index is 837. The summed E-state index contributed by atoms with van der Waals surface area (Å²) < 4.78 is 76.3. The first-order chi connectivity index (χ1) is 12.1. The van der Waals surface area contributed by atoms with Crippen LogP contribution in [0, 0.1) is 17.5 Å². The molecule has 2 rings (SSSR count). The van der Waals surface area contributed by atoms with Crippen molar-refractivity contribution in [3.8, 4) is 0 Å². The molecule has 138 valence electrons. The van der Waals surface area contributed by atoms with Gasteiger partial charge in [0.05, 0.1) is 17.8 Å². The molecular formula is C15H9F6N3O2. The molecule has 0 aliphatic carbocycles. The first-order valence-corrected chi connectivity index (χ1v) is 6.84. The average Bonchev–Trinajstić information content (AvgIpc) is 2.59. The monoisotopic (exact) mass is 377 g/mol. The Balaban J connectivity index is 1.95. The number of benzene rings is 1. The minimum absolute atomic E-state index is 0.246. The SMILES string of the molecule is O=C(CNC(=O)c1ccc(C(F)(F)F)nc1)Nc1ccc(F)c(F)c1F. The van der Waals surface area contributed by atoms with Crippen molar-refractivity contribution in [1.29, 1.82) is 0 Å². The number of amides is 2. The van der Waals surface area contributed by atoms with Gasteiger partial charge in [-0.2, -0.15) is 13.2 Å². The van der Waals surface area contributed by atoms with Crippen molar-refractivity contribution in [1.82, 2.24) is 10.3 Å². The zero-order valence-electron chi connectivity index (χ0n) is 12.6. The normalized spacial score (nSPS) is 11.2. The number of carbonyl (C=O) groups excluding carboxylic acids is 2. The van der Waals surface area contributed by atoms with E-state index in [4.69, 9.17) is 0 Å². The molecule has 0 saturated heterocycles. The molecule has 0 aliphatic rings. The van der Waals surface area contributed by atoms with E-state index in [1.165, 1.54) is 0 Å². The number of hydrogen-bond acceptors (Lipinski definition) is 3. The van der Waals surface area contributed by atoms with Gasteiger partial charge >= 0.3 is 6.18 Å². The topological polar surface area (TPSA) is 71.1 Å². The van der Waals surface area contributed by atoms with Gasteiger partial charge in [0.2, 0.25) is 5.91 Å². The lowest BCUT2D eigenvalue weighted by atomic mass is 10.2. The third kappa shape index (κ3) is 4.49. The Morgan fingerprint density at radius 2 is 1.69 bits per heavy atom. The number of pyridine rings is 1. The van der Waals surface area contributed by atoms with Gasteiger partial charge in [-0.25, -0.2) is 13.2 Å². The van der Waals surface area contributed by atoms with E-state index in [1.807, 2.05) is 5.32 Å². The fourth-order valence-electron chi connectivity index (χ4n) is 1.78. The van der Waals surface area contributed by atoms with Gasteiger partial charge in [-0.1, -0.05) is 0 Å². The summed E-state index contributed by atoms with van der Waals surface area (Å²) in [5, 5.41) is 3.97. The molecule has 1 aromatic heterocycles. The standard InChI is InChI=1S/C15H9F6N3O2/c16-8-2-3-9(13(18)12(8)17)24-11(25)6-23-14(26)7-1-4-10(22-5-7)15(19,20)21/h1-5H,6H2,(H,23,26)(H,24,25). The summed E-state index contributed by atoms with van der Waals surface area (Å²) in [7, 11) is 0. The van der Waals surface area contributed by atoms with Crippen molar-refractivity contribution < 1.29 is 35.9 Å². The van der Waals surface area contributed by atoms with Crippen LogP contribution in [0.2, 0.25) is 0 Å². The van der Waals surface area contributed by atoms with E-state index < -0.39 is 53.4 Å². The molecule has 0 radical (unpaired) electrons. The predicted octanol–water partition coefficient (Wildman–Crippen LogP) is 2.89. The van der Waals surface area contributed by atoms with Gasteiger partial charge in [0.1, 0.15) is 5.69 Å². The van der Waals surface area contributed by atoms with Crippen LogP contribution in [0.4, 0.5) is 32.0 Å². The predicted molar refractivity (Wildman–Crippen MR) is 76.5 cm³/mol. The van der Waals surface area contributed by atoms with E-state index in [-0.39, 0.29) is 5.56 Å². The third-order valence-electron chi connectivity index (χ3n) is 3.03. The zero-order chi connectivity index (χ0) is 19.5. The molecule has 1 aromatic carbocycles. The van der Waals surface area contributed by atoms with E-state index in [1.54, 1.807) is 0 Å². The molecule has 0 atom stereocenters. The summed E-state index contributed by atoms with van der Waals surface area (Å²) in [5.74, 6) is -6.71. The summed E-state index contributed by atoms with van der Waals surface area (Å²) in [4.78, 5) is 26.4. The second kappa shape index (κ2) is 7.42. The molecule has 1 heterocycles. The van der Waals surface area contributed by atoms with E-state index in [0.717, 1.165) is 12.1 Å². The van der Waals surface area contributed by atoms with Gasteiger partial charge in [0.25, 0.3) is 5.91 Å². The second-order valence-corrected chi connectivity index (χ2v) is 4.88. The largest absolute Gasteiger partial charge is 0.433 e. The maximum absolute atomic E-state index is 13.4. The lowest BCUT2D eigenvalue weighted by Gasteiger charge is -2.09. The van der Waals surface area contributed by atoms with Crippen molar-refractivity contribution in [3.05, 3.63) is 59.2 Å². The van der Waals surface area contributed by atoms with Crippen molar-refractivity contribution >= 4 is 17.5 Å². The minimum atomic E-state index is -4.66. The van der Waals surface area contributed by atoms with Gasteiger partial charge in [-0.3, -0.25) is 14.6 Å². The molecule has 0 aliphatic heterocycles. The Morgan fingerprint density at radius 3 is 2.27 bits per heavy atom. The van der Waals surface area contributed by atoms with E-state index in [2.05, 4.69) is 10.3 Å². The number of aromatic nitrogens is 1. The zero-order valence-corrected chi connectivity index (χ0v) is 12.6. The van der Waals surface area contributed by atoms with Gasteiger partial charge in [0, 0.05) is 6.20 Å². The maximum Gasteiger partial charge on any atom is 0.433 e. The number of nitrogens with one attached hydrogen (secondary N) is 2. The molecule has 5 nitrogen and oxygen atoms in total. The summed E-state index contributed by atoms with van der Waals surface area (Å²) in [6.45, 7) is -0.696. The maximum atomic E-state index is 13.4. The average molecular weight is 377 g/mol. The molecule has 0 spiro atoms. The van der Waals surface area contributed by atoms with E-state index in [9.17, 15) is 35.9 Å². The lowest BCUT2D eigenvalue weighted by Crippen LogP contribution is -2.33. The van der Waals surface area contributed by atoms with Crippen LogP contribution >= 0.6 is 0 Å².